The molecular formula is C22H18N2O4. The molecule has 3 heterocycles. The van der Waals surface area contributed by atoms with Crippen molar-refractivity contribution in [1.82, 2.24) is 10.0 Å². The molecule has 28 heavy (non-hydrogen) atoms. The van der Waals surface area contributed by atoms with Gasteiger partial charge in [-0.05, 0) is 24.3 Å². The number of fused-ring (bicyclic) bond motifs is 3. The van der Waals surface area contributed by atoms with Crippen LogP contribution in [0.1, 0.15) is 43.9 Å². The molecule has 0 aliphatic carbocycles. The average Bonchev–Trinajstić information content (AvgIpc) is 3.12. The topological polar surface area (TPSA) is 66.9 Å². The van der Waals surface area contributed by atoms with Crippen molar-refractivity contribution in [3.63, 3.8) is 0 Å². The molecule has 0 spiro atoms. The number of piperidine rings is 1. The number of carbonyl (C=O) groups excluding carboxylic acids is 3. The summed E-state index contributed by atoms with van der Waals surface area (Å²) in [6.07, 6.45) is 4.80. The van der Waals surface area contributed by atoms with E-state index in [1.807, 2.05) is 23.2 Å². The molecule has 6 heteroatoms. The van der Waals surface area contributed by atoms with Gasteiger partial charge in [0.05, 0.1) is 28.8 Å². The van der Waals surface area contributed by atoms with Gasteiger partial charge in [0.1, 0.15) is 6.10 Å². The minimum atomic E-state index is -0.348. The van der Waals surface area contributed by atoms with Crippen LogP contribution in [0.25, 0.3) is 0 Å². The van der Waals surface area contributed by atoms with Gasteiger partial charge in [0.2, 0.25) is 0 Å². The number of ether oxygens (including phenoxy) is 1. The molecule has 3 aliphatic heterocycles. The lowest BCUT2D eigenvalue weighted by Crippen LogP contribution is -2.57. The molecule has 1 saturated heterocycles. The number of hydrogen-bond acceptors (Lipinski definition) is 5. The fraction of sp³-hybridized carbons (Fsp3) is 0.227. The third kappa shape index (κ3) is 2.57. The highest BCUT2D eigenvalue weighted by atomic mass is 16.5. The normalized spacial score (nSPS) is 25.9. The van der Waals surface area contributed by atoms with Gasteiger partial charge < -0.3 is 4.74 Å². The van der Waals surface area contributed by atoms with Gasteiger partial charge in [-0.3, -0.25) is 9.59 Å². The van der Waals surface area contributed by atoms with E-state index in [0.29, 0.717) is 29.5 Å². The molecule has 3 atom stereocenters. The molecule has 0 aromatic heterocycles. The maximum atomic E-state index is 12.8. The van der Waals surface area contributed by atoms with E-state index in [1.54, 1.807) is 48.5 Å². The number of carbonyl (C=O) groups is 3. The summed E-state index contributed by atoms with van der Waals surface area (Å²) < 4.78 is 5.69. The van der Waals surface area contributed by atoms with Crippen LogP contribution < -0.4 is 0 Å². The first-order valence-electron chi connectivity index (χ1n) is 9.34. The first-order chi connectivity index (χ1) is 13.6. The van der Waals surface area contributed by atoms with Crippen molar-refractivity contribution >= 4 is 17.8 Å². The minimum absolute atomic E-state index is 0.158. The van der Waals surface area contributed by atoms with Gasteiger partial charge in [-0.15, -0.1) is 0 Å². The quantitative estimate of drug-likeness (QED) is 0.470. The van der Waals surface area contributed by atoms with E-state index >= 15 is 0 Å². The van der Waals surface area contributed by atoms with Gasteiger partial charge in [0.25, 0.3) is 11.8 Å². The molecule has 2 bridgehead atoms. The van der Waals surface area contributed by atoms with Crippen molar-refractivity contribution in [2.75, 3.05) is 0 Å². The summed E-state index contributed by atoms with van der Waals surface area (Å²) in [6, 6.07) is 15.5. The van der Waals surface area contributed by atoms with Crippen molar-refractivity contribution in [3.8, 4) is 0 Å². The average molecular weight is 374 g/mol. The van der Waals surface area contributed by atoms with E-state index in [4.69, 9.17) is 4.74 Å². The number of hydrazine groups is 1. The van der Waals surface area contributed by atoms with Crippen LogP contribution in [-0.2, 0) is 4.74 Å². The number of esters is 1. The van der Waals surface area contributed by atoms with E-state index in [1.165, 1.54) is 5.01 Å². The number of nitrogens with zero attached hydrogens (tertiary/aromatic N) is 2. The zero-order chi connectivity index (χ0) is 19.3. The number of amides is 2. The van der Waals surface area contributed by atoms with Crippen LogP contribution in [0, 0.1) is 0 Å². The third-order valence-electron chi connectivity index (χ3n) is 5.53. The lowest BCUT2D eigenvalue weighted by atomic mass is 10.00. The van der Waals surface area contributed by atoms with Crippen molar-refractivity contribution in [1.29, 1.82) is 0 Å². The maximum Gasteiger partial charge on any atom is 0.338 e. The fourth-order valence-electron chi connectivity index (χ4n) is 4.26. The molecule has 0 N–H and O–H groups in total. The minimum Gasteiger partial charge on any atom is -0.459 e. The SMILES string of the molecule is O=C(OC1C[C@H]2C=C[C@@H](C1)N2N1C(=O)c2ccccc2C1=O)c1ccccc1. The number of benzene rings is 2. The summed E-state index contributed by atoms with van der Waals surface area (Å²) in [4.78, 5) is 38.0. The highest BCUT2D eigenvalue weighted by molar-refractivity contribution is 6.21. The van der Waals surface area contributed by atoms with Crippen molar-refractivity contribution in [2.24, 2.45) is 0 Å². The first kappa shape index (κ1) is 16.9. The Bertz CT molecular complexity index is 950. The Balaban J connectivity index is 1.33. The van der Waals surface area contributed by atoms with Crippen LogP contribution in [0.15, 0.2) is 66.7 Å². The molecular weight excluding hydrogens is 356 g/mol. The van der Waals surface area contributed by atoms with Gasteiger partial charge in [-0.1, -0.05) is 42.5 Å². The summed E-state index contributed by atoms with van der Waals surface area (Å²) in [6.45, 7) is 0. The molecule has 140 valence electrons. The second-order valence-corrected chi connectivity index (χ2v) is 7.23. The van der Waals surface area contributed by atoms with Crippen LogP contribution in [0.3, 0.4) is 0 Å². The Morgan fingerprint density at radius 1 is 0.821 bits per heavy atom. The highest BCUT2D eigenvalue weighted by Crippen LogP contribution is 2.37. The standard InChI is InChI=1S/C22H18N2O4/c25-20-18-8-4-5-9-19(18)21(26)24(20)23-15-10-11-16(23)13-17(12-15)28-22(27)14-6-2-1-3-7-14/h1-11,15-17H,12-13H2/t15-,16+,17?. The Labute approximate surface area is 162 Å². The van der Waals surface area contributed by atoms with E-state index in [9.17, 15) is 14.4 Å². The molecule has 0 saturated carbocycles. The molecule has 2 aromatic rings. The lowest BCUT2D eigenvalue weighted by Gasteiger charge is -2.42. The van der Waals surface area contributed by atoms with Crippen LogP contribution >= 0.6 is 0 Å². The second-order valence-electron chi connectivity index (χ2n) is 7.23. The van der Waals surface area contributed by atoms with Crippen LogP contribution in [-0.4, -0.2) is 46.0 Å². The van der Waals surface area contributed by atoms with Crippen molar-refractivity contribution < 1.29 is 19.1 Å². The van der Waals surface area contributed by atoms with E-state index < -0.39 is 0 Å². The summed E-state index contributed by atoms with van der Waals surface area (Å²) in [7, 11) is 0. The van der Waals surface area contributed by atoms with Crippen LogP contribution in [0.5, 0.6) is 0 Å². The Morgan fingerprint density at radius 2 is 1.36 bits per heavy atom. The largest absolute Gasteiger partial charge is 0.459 e. The smallest absolute Gasteiger partial charge is 0.338 e. The predicted molar refractivity (Wildman–Crippen MR) is 100 cm³/mol. The molecule has 6 nitrogen and oxygen atoms in total. The summed E-state index contributed by atoms with van der Waals surface area (Å²) in [5.41, 5.74) is 1.39. The van der Waals surface area contributed by atoms with E-state index in [0.717, 1.165) is 0 Å². The Kier molecular flexibility index (Phi) is 3.87. The van der Waals surface area contributed by atoms with Crippen LogP contribution in [0.4, 0.5) is 0 Å². The van der Waals surface area contributed by atoms with Gasteiger partial charge in [-0.25, -0.2) is 9.80 Å². The number of imide groups is 1. The zero-order valence-electron chi connectivity index (χ0n) is 15.0. The summed E-state index contributed by atoms with van der Waals surface area (Å²) >= 11 is 0. The number of hydrogen-bond donors (Lipinski definition) is 0. The molecule has 5 rings (SSSR count). The summed E-state index contributed by atoms with van der Waals surface area (Å²) in [5, 5.41) is 3.09. The Morgan fingerprint density at radius 3 is 1.93 bits per heavy atom. The first-order valence-corrected chi connectivity index (χ1v) is 9.34. The van der Waals surface area contributed by atoms with Gasteiger partial charge >= 0.3 is 5.97 Å². The highest BCUT2D eigenvalue weighted by Gasteiger charge is 2.48. The van der Waals surface area contributed by atoms with Gasteiger partial charge in [-0.2, -0.15) is 5.01 Å². The van der Waals surface area contributed by atoms with Crippen molar-refractivity contribution in [2.45, 2.75) is 31.0 Å². The molecule has 3 aliphatic rings. The van der Waals surface area contributed by atoms with E-state index in [2.05, 4.69) is 0 Å². The molecule has 1 fully saturated rings. The van der Waals surface area contributed by atoms with Gasteiger partial charge in [0, 0.05) is 12.8 Å². The van der Waals surface area contributed by atoms with Gasteiger partial charge in [0.15, 0.2) is 0 Å². The van der Waals surface area contributed by atoms with Crippen molar-refractivity contribution in [3.05, 3.63) is 83.4 Å². The molecule has 2 amide bonds. The zero-order valence-corrected chi connectivity index (χ0v) is 15.0. The molecule has 2 aromatic carbocycles. The fourth-order valence-corrected chi connectivity index (χ4v) is 4.26. The monoisotopic (exact) mass is 374 g/mol. The lowest BCUT2D eigenvalue weighted by molar-refractivity contribution is -0.0659. The maximum absolute atomic E-state index is 12.8. The Hall–Kier alpha value is -3.25. The number of rotatable bonds is 3. The summed E-state index contributed by atoms with van der Waals surface area (Å²) in [5.74, 6) is -0.933. The molecule has 1 unspecified atom stereocenters. The third-order valence-corrected chi connectivity index (χ3v) is 5.53. The second kappa shape index (κ2) is 6.42. The predicted octanol–water partition coefficient (Wildman–Crippen LogP) is 2.83. The van der Waals surface area contributed by atoms with Crippen LogP contribution in [0.2, 0.25) is 0 Å². The van der Waals surface area contributed by atoms with E-state index in [-0.39, 0.29) is 36.0 Å². The molecule has 0 radical (unpaired) electrons.